The van der Waals surface area contributed by atoms with Crippen molar-refractivity contribution in [1.29, 1.82) is 0 Å². The number of ether oxygens (including phenoxy) is 1. The number of carbonyl (C=O) groups is 1. The van der Waals surface area contributed by atoms with E-state index in [1.807, 2.05) is 47.8 Å². The second-order valence-electron chi connectivity index (χ2n) is 5.93. The van der Waals surface area contributed by atoms with Gasteiger partial charge < -0.3 is 10.1 Å². The van der Waals surface area contributed by atoms with E-state index in [0.29, 0.717) is 17.3 Å². The van der Waals surface area contributed by atoms with Crippen LogP contribution in [-0.4, -0.2) is 10.9 Å². The van der Waals surface area contributed by atoms with Crippen LogP contribution in [-0.2, 0) is 6.61 Å². The molecule has 0 unspecified atom stereocenters. The number of hydrogen-bond donors (Lipinski definition) is 1. The van der Waals surface area contributed by atoms with Gasteiger partial charge in [-0.25, -0.2) is 4.98 Å². The Morgan fingerprint density at radius 2 is 1.93 bits per heavy atom. The van der Waals surface area contributed by atoms with Crippen molar-refractivity contribution in [2.24, 2.45) is 0 Å². The average molecular weight is 439 g/mol. The predicted molar refractivity (Wildman–Crippen MR) is 112 cm³/mol. The fourth-order valence-electron chi connectivity index (χ4n) is 2.62. The molecule has 0 aliphatic carbocycles. The SMILES string of the molecule is O=C(Nc1ccc(Br)cn1)c1cc(COc2ccc3ccccc3c2)cs1. The first-order valence-electron chi connectivity index (χ1n) is 8.29. The molecular formula is C21H15BrN2O2S. The number of anilines is 1. The molecule has 4 nitrogen and oxygen atoms in total. The van der Waals surface area contributed by atoms with Crippen LogP contribution in [0.15, 0.2) is 76.7 Å². The van der Waals surface area contributed by atoms with Gasteiger partial charge in [-0.15, -0.1) is 11.3 Å². The molecule has 0 spiro atoms. The number of nitrogens with one attached hydrogen (secondary N) is 1. The Balaban J connectivity index is 1.39. The van der Waals surface area contributed by atoms with Gasteiger partial charge in [-0.05, 0) is 62.4 Å². The summed E-state index contributed by atoms with van der Waals surface area (Å²) >= 11 is 4.71. The van der Waals surface area contributed by atoms with Gasteiger partial charge in [-0.3, -0.25) is 4.79 Å². The van der Waals surface area contributed by atoms with Crippen LogP contribution in [0, 0.1) is 0 Å². The summed E-state index contributed by atoms with van der Waals surface area (Å²) in [5, 5.41) is 7.05. The molecule has 4 rings (SSSR count). The normalized spacial score (nSPS) is 10.7. The van der Waals surface area contributed by atoms with Crippen molar-refractivity contribution in [2.75, 3.05) is 5.32 Å². The van der Waals surface area contributed by atoms with Gasteiger partial charge in [0, 0.05) is 16.2 Å². The number of nitrogens with zero attached hydrogens (tertiary/aromatic N) is 1. The Morgan fingerprint density at radius 3 is 2.74 bits per heavy atom. The number of hydrogen-bond acceptors (Lipinski definition) is 4. The van der Waals surface area contributed by atoms with Crippen molar-refractivity contribution in [3.05, 3.63) is 87.2 Å². The van der Waals surface area contributed by atoms with Gasteiger partial charge in [0.25, 0.3) is 5.91 Å². The average Bonchev–Trinajstić information content (AvgIpc) is 3.17. The highest BCUT2D eigenvalue weighted by molar-refractivity contribution is 9.10. The summed E-state index contributed by atoms with van der Waals surface area (Å²) in [5.74, 6) is 1.15. The van der Waals surface area contributed by atoms with Crippen LogP contribution in [0.5, 0.6) is 5.75 Å². The van der Waals surface area contributed by atoms with E-state index in [1.165, 1.54) is 16.7 Å². The standard InChI is InChI=1S/C21H15BrN2O2S/c22-17-6-8-20(23-11-17)24-21(25)19-9-14(13-27-19)12-26-18-7-5-15-3-1-2-4-16(15)10-18/h1-11,13H,12H2,(H,23,24,25). The number of fused-ring (bicyclic) bond motifs is 1. The minimum Gasteiger partial charge on any atom is -0.489 e. The first kappa shape index (κ1) is 17.7. The number of thiophene rings is 1. The molecule has 0 bridgehead atoms. The van der Waals surface area contributed by atoms with Crippen LogP contribution >= 0.6 is 27.3 Å². The van der Waals surface area contributed by atoms with Crippen LogP contribution in [0.4, 0.5) is 5.82 Å². The minimum absolute atomic E-state index is 0.174. The molecule has 0 fully saturated rings. The van der Waals surface area contributed by atoms with E-state index in [4.69, 9.17) is 4.74 Å². The molecule has 0 atom stereocenters. The number of rotatable bonds is 5. The lowest BCUT2D eigenvalue weighted by molar-refractivity contribution is 0.103. The van der Waals surface area contributed by atoms with Gasteiger partial charge >= 0.3 is 0 Å². The molecule has 1 N–H and O–H groups in total. The highest BCUT2D eigenvalue weighted by atomic mass is 79.9. The number of halogens is 1. The lowest BCUT2D eigenvalue weighted by Crippen LogP contribution is -2.11. The molecule has 1 amide bonds. The lowest BCUT2D eigenvalue weighted by Gasteiger charge is -2.06. The smallest absolute Gasteiger partial charge is 0.266 e. The van der Waals surface area contributed by atoms with E-state index in [0.717, 1.165) is 21.2 Å². The highest BCUT2D eigenvalue weighted by Crippen LogP contribution is 2.23. The molecule has 4 aromatic rings. The first-order valence-corrected chi connectivity index (χ1v) is 9.96. The summed E-state index contributed by atoms with van der Waals surface area (Å²) < 4.78 is 6.75. The molecule has 6 heteroatoms. The van der Waals surface area contributed by atoms with Crippen molar-refractivity contribution in [2.45, 2.75) is 6.61 Å². The molecule has 0 aliphatic rings. The molecule has 0 saturated carbocycles. The Morgan fingerprint density at radius 1 is 1.07 bits per heavy atom. The van der Waals surface area contributed by atoms with Gasteiger partial charge in [0.1, 0.15) is 18.2 Å². The molecule has 2 aromatic heterocycles. The molecular weight excluding hydrogens is 424 g/mol. The van der Waals surface area contributed by atoms with Crippen LogP contribution in [0.1, 0.15) is 15.2 Å². The summed E-state index contributed by atoms with van der Waals surface area (Å²) in [6.07, 6.45) is 1.65. The molecule has 2 heterocycles. The maximum Gasteiger partial charge on any atom is 0.266 e. The van der Waals surface area contributed by atoms with E-state index in [-0.39, 0.29) is 5.91 Å². The van der Waals surface area contributed by atoms with E-state index < -0.39 is 0 Å². The van der Waals surface area contributed by atoms with Crippen molar-refractivity contribution >= 4 is 49.8 Å². The molecule has 2 aromatic carbocycles. The molecule has 0 aliphatic heterocycles. The van der Waals surface area contributed by atoms with E-state index >= 15 is 0 Å². The predicted octanol–water partition coefficient (Wildman–Crippen LogP) is 5.89. The van der Waals surface area contributed by atoms with Crippen molar-refractivity contribution in [3.8, 4) is 5.75 Å². The third-order valence-corrected chi connectivity index (χ3v) is 5.42. The molecule has 134 valence electrons. The topological polar surface area (TPSA) is 51.2 Å². The van der Waals surface area contributed by atoms with E-state index in [2.05, 4.69) is 38.4 Å². The van der Waals surface area contributed by atoms with Crippen LogP contribution in [0.25, 0.3) is 10.8 Å². The molecule has 0 radical (unpaired) electrons. The number of amides is 1. The van der Waals surface area contributed by atoms with Crippen molar-refractivity contribution in [3.63, 3.8) is 0 Å². The monoisotopic (exact) mass is 438 g/mol. The summed E-state index contributed by atoms with van der Waals surface area (Å²) in [6, 6.07) is 19.6. The van der Waals surface area contributed by atoms with Gasteiger partial charge in [-0.2, -0.15) is 0 Å². The van der Waals surface area contributed by atoms with Gasteiger partial charge in [0.2, 0.25) is 0 Å². The minimum atomic E-state index is -0.174. The van der Waals surface area contributed by atoms with Crippen molar-refractivity contribution in [1.82, 2.24) is 4.98 Å². The lowest BCUT2D eigenvalue weighted by atomic mass is 10.1. The number of benzene rings is 2. The number of carbonyl (C=O) groups excluding carboxylic acids is 1. The van der Waals surface area contributed by atoms with Crippen LogP contribution in [0.2, 0.25) is 0 Å². The zero-order valence-electron chi connectivity index (χ0n) is 14.2. The Labute approximate surface area is 169 Å². The third-order valence-electron chi connectivity index (χ3n) is 3.97. The largest absolute Gasteiger partial charge is 0.489 e. The van der Waals surface area contributed by atoms with Crippen molar-refractivity contribution < 1.29 is 9.53 Å². The van der Waals surface area contributed by atoms with Gasteiger partial charge in [0.05, 0.1) is 4.88 Å². The Kier molecular flexibility index (Phi) is 5.18. The number of pyridine rings is 1. The van der Waals surface area contributed by atoms with E-state index in [1.54, 1.807) is 12.3 Å². The summed E-state index contributed by atoms with van der Waals surface area (Å²) in [6.45, 7) is 0.415. The summed E-state index contributed by atoms with van der Waals surface area (Å²) in [4.78, 5) is 17.1. The summed E-state index contributed by atoms with van der Waals surface area (Å²) in [5.41, 5.74) is 0.960. The third kappa shape index (κ3) is 4.35. The Hall–Kier alpha value is -2.70. The molecule has 27 heavy (non-hydrogen) atoms. The maximum atomic E-state index is 12.3. The Bertz CT molecular complexity index is 1090. The maximum absolute atomic E-state index is 12.3. The van der Waals surface area contributed by atoms with Crippen LogP contribution in [0.3, 0.4) is 0 Å². The quantitative estimate of drug-likeness (QED) is 0.422. The molecule has 0 saturated heterocycles. The second-order valence-corrected chi connectivity index (χ2v) is 7.76. The van der Waals surface area contributed by atoms with Gasteiger partial charge in [0.15, 0.2) is 0 Å². The number of aromatic nitrogens is 1. The second kappa shape index (κ2) is 7.90. The van der Waals surface area contributed by atoms with Gasteiger partial charge in [-0.1, -0.05) is 30.3 Å². The van der Waals surface area contributed by atoms with Crippen LogP contribution < -0.4 is 10.1 Å². The first-order chi connectivity index (χ1) is 13.2. The zero-order chi connectivity index (χ0) is 18.6. The fourth-order valence-corrected chi connectivity index (χ4v) is 3.65. The van der Waals surface area contributed by atoms with E-state index in [9.17, 15) is 4.79 Å². The zero-order valence-corrected chi connectivity index (χ0v) is 16.6. The fraction of sp³-hybridized carbons (Fsp3) is 0.0476. The summed E-state index contributed by atoms with van der Waals surface area (Å²) in [7, 11) is 0. The highest BCUT2D eigenvalue weighted by Gasteiger charge is 2.10.